The van der Waals surface area contributed by atoms with Crippen molar-refractivity contribution in [1.82, 2.24) is 14.9 Å². The van der Waals surface area contributed by atoms with E-state index in [1.165, 1.54) is 0 Å². The number of hydrogen-bond acceptors (Lipinski definition) is 5. The fraction of sp³-hybridized carbons (Fsp3) is 0.0833. The maximum atomic E-state index is 12.8. The first-order valence-corrected chi connectivity index (χ1v) is 9.61. The smallest absolute Gasteiger partial charge is 0.339 e. The third kappa shape index (κ3) is 4.35. The fourth-order valence-corrected chi connectivity index (χ4v) is 3.23. The molecule has 154 valence electrons. The zero-order valence-corrected chi connectivity index (χ0v) is 16.7. The monoisotopic (exact) mass is 413 g/mol. The maximum Gasteiger partial charge on any atom is 0.339 e. The molecule has 2 aromatic carbocycles. The molecular formula is C24H19N3O4. The summed E-state index contributed by atoms with van der Waals surface area (Å²) in [5.74, 6) is -1.94. The number of ether oxygens (including phenoxy) is 1. The van der Waals surface area contributed by atoms with Gasteiger partial charge in [0.15, 0.2) is 6.61 Å². The summed E-state index contributed by atoms with van der Waals surface area (Å²) in [5, 5.41) is 2.83. The van der Waals surface area contributed by atoms with Crippen molar-refractivity contribution < 1.29 is 19.1 Å². The van der Waals surface area contributed by atoms with Gasteiger partial charge in [0.25, 0.3) is 11.8 Å². The van der Waals surface area contributed by atoms with E-state index < -0.39 is 24.4 Å². The number of nitrogens with zero attached hydrogens (tertiary/aromatic N) is 2. The molecule has 4 rings (SSSR count). The zero-order chi connectivity index (χ0) is 21.8. The number of esters is 1. The minimum atomic E-state index is -0.707. The Balaban J connectivity index is 1.53. The Labute approximate surface area is 178 Å². The Hall–Kier alpha value is -4.26. The molecule has 2 amide bonds. The topological polar surface area (TPSA) is 90.3 Å². The molecule has 1 N–H and O–H groups in total. The summed E-state index contributed by atoms with van der Waals surface area (Å²) in [5.41, 5.74) is 2.74. The second-order valence-electron chi connectivity index (χ2n) is 6.90. The molecule has 0 fully saturated rings. The van der Waals surface area contributed by atoms with Crippen molar-refractivity contribution in [3.63, 3.8) is 0 Å². The van der Waals surface area contributed by atoms with Crippen molar-refractivity contribution >= 4 is 28.7 Å². The van der Waals surface area contributed by atoms with Gasteiger partial charge in [0.05, 0.1) is 16.8 Å². The molecule has 0 aliphatic heterocycles. The lowest BCUT2D eigenvalue weighted by Crippen LogP contribution is -2.35. The molecule has 0 radical (unpaired) electrons. The van der Waals surface area contributed by atoms with Crippen LogP contribution in [0, 0.1) is 0 Å². The average molecular weight is 413 g/mol. The highest BCUT2D eigenvalue weighted by atomic mass is 16.5. The van der Waals surface area contributed by atoms with E-state index >= 15 is 0 Å². The third-order valence-corrected chi connectivity index (χ3v) is 4.77. The Kier molecular flexibility index (Phi) is 5.57. The molecule has 4 aromatic rings. The van der Waals surface area contributed by atoms with Gasteiger partial charge in [-0.25, -0.2) is 9.78 Å². The van der Waals surface area contributed by atoms with Crippen LogP contribution in [0.5, 0.6) is 0 Å². The number of aryl methyl sites for hydroxylation is 1. The van der Waals surface area contributed by atoms with Crippen molar-refractivity contribution in [2.45, 2.75) is 0 Å². The molecule has 0 unspecified atom stereocenters. The number of rotatable bonds is 5. The van der Waals surface area contributed by atoms with Gasteiger partial charge in [0.2, 0.25) is 0 Å². The summed E-state index contributed by atoms with van der Waals surface area (Å²) < 4.78 is 6.79. The van der Waals surface area contributed by atoms with Crippen molar-refractivity contribution in [3.05, 3.63) is 90.3 Å². The van der Waals surface area contributed by atoms with E-state index in [4.69, 9.17) is 4.74 Å². The van der Waals surface area contributed by atoms with Gasteiger partial charge in [-0.05, 0) is 24.3 Å². The molecule has 0 atom stereocenters. The van der Waals surface area contributed by atoms with Crippen LogP contribution in [-0.2, 0) is 16.6 Å². The van der Waals surface area contributed by atoms with Crippen LogP contribution in [0.3, 0.4) is 0 Å². The van der Waals surface area contributed by atoms with Gasteiger partial charge in [-0.1, -0.05) is 48.5 Å². The van der Waals surface area contributed by atoms with Gasteiger partial charge in [0.1, 0.15) is 5.69 Å². The molecule has 0 aliphatic rings. The van der Waals surface area contributed by atoms with Crippen molar-refractivity contribution in [2.75, 3.05) is 6.61 Å². The average Bonchev–Trinajstić information content (AvgIpc) is 3.23. The van der Waals surface area contributed by atoms with E-state index in [1.807, 2.05) is 42.5 Å². The van der Waals surface area contributed by atoms with Crippen LogP contribution in [0.2, 0.25) is 0 Å². The maximum absolute atomic E-state index is 12.8. The Morgan fingerprint density at radius 3 is 2.45 bits per heavy atom. The molecule has 0 aliphatic carbocycles. The van der Waals surface area contributed by atoms with Gasteiger partial charge in [-0.3, -0.25) is 14.9 Å². The summed E-state index contributed by atoms with van der Waals surface area (Å²) in [6.07, 6.45) is 1.69. The third-order valence-electron chi connectivity index (χ3n) is 4.77. The fourth-order valence-electron chi connectivity index (χ4n) is 3.23. The number of hydrogen-bond donors (Lipinski definition) is 1. The lowest BCUT2D eigenvalue weighted by atomic mass is 10.0. The molecule has 0 saturated heterocycles. The first-order chi connectivity index (χ1) is 15.0. The molecule has 0 spiro atoms. The Morgan fingerprint density at radius 2 is 1.71 bits per heavy atom. The van der Waals surface area contributed by atoms with Crippen LogP contribution in [0.25, 0.3) is 22.2 Å². The number of carbonyl (C=O) groups excluding carboxylic acids is 3. The number of fused-ring (bicyclic) bond motifs is 1. The highest BCUT2D eigenvalue weighted by Crippen LogP contribution is 2.25. The van der Waals surface area contributed by atoms with Crippen molar-refractivity contribution in [3.8, 4) is 11.3 Å². The minimum absolute atomic E-state index is 0.297. The van der Waals surface area contributed by atoms with Crippen LogP contribution < -0.4 is 5.32 Å². The minimum Gasteiger partial charge on any atom is -0.452 e. The van der Waals surface area contributed by atoms with Gasteiger partial charge in [-0.15, -0.1) is 0 Å². The number of amides is 2. The number of nitrogens with one attached hydrogen (secondary N) is 1. The predicted octanol–water partition coefficient (Wildman–Crippen LogP) is 3.35. The number of pyridine rings is 1. The van der Waals surface area contributed by atoms with Crippen LogP contribution in [0.1, 0.15) is 20.8 Å². The van der Waals surface area contributed by atoms with Gasteiger partial charge < -0.3 is 9.30 Å². The molecular weight excluding hydrogens is 394 g/mol. The van der Waals surface area contributed by atoms with Crippen molar-refractivity contribution in [2.24, 2.45) is 7.05 Å². The van der Waals surface area contributed by atoms with Gasteiger partial charge in [-0.2, -0.15) is 0 Å². The lowest BCUT2D eigenvalue weighted by molar-refractivity contribution is -0.123. The van der Waals surface area contributed by atoms with Gasteiger partial charge >= 0.3 is 5.97 Å². The summed E-state index contributed by atoms with van der Waals surface area (Å²) in [7, 11) is 1.69. The summed E-state index contributed by atoms with van der Waals surface area (Å²) >= 11 is 0. The molecule has 7 nitrogen and oxygen atoms in total. The van der Waals surface area contributed by atoms with Crippen LogP contribution in [0.15, 0.2) is 79.0 Å². The molecule has 2 aromatic heterocycles. The lowest BCUT2D eigenvalue weighted by Gasteiger charge is -2.10. The molecule has 2 heterocycles. The summed E-state index contributed by atoms with van der Waals surface area (Å²) in [6.45, 7) is -0.577. The summed E-state index contributed by atoms with van der Waals surface area (Å²) in [6, 6.07) is 21.6. The number of benzene rings is 2. The molecule has 31 heavy (non-hydrogen) atoms. The highest BCUT2D eigenvalue weighted by Gasteiger charge is 2.18. The Bertz CT molecular complexity index is 1280. The van der Waals surface area contributed by atoms with E-state index in [1.54, 1.807) is 48.1 Å². The zero-order valence-electron chi connectivity index (χ0n) is 16.7. The number of imide groups is 1. The normalized spacial score (nSPS) is 10.6. The first-order valence-electron chi connectivity index (χ1n) is 9.61. The number of para-hydroxylation sites is 1. The van der Waals surface area contributed by atoms with E-state index in [-0.39, 0.29) is 0 Å². The Morgan fingerprint density at radius 1 is 0.968 bits per heavy atom. The van der Waals surface area contributed by atoms with Gasteiger partial charge in [0, 0.05) is 24.2 Å². The van der Waals surface area contributed by atoms with E-state index in [0.717, 1.165) is 5.56 Å². The predicted molar refractivity (Wildman–Crippen MR) is 115 cm³/mol. The van der Waals surface area contributed by atoms with E-state index in [2.05, 4.69) is 10.3 Å². The second-order valence-corrected chi connectivity index (χ2v) is 6.90. The number of aromatic nitrogens is 2. The summed E-state index contributed by atoms with van der Waals surface area (Å²) in [4.78, 5) is 41.7. The SMILES string of the molecule is Cn1cccc1C(=O)NC(=O)COC(=O)c1cc(-c2ccccc2)nc2ccccc12. The standard InChI is InChI=1S/C24H19N3O4/c1-27-13-7-12-21(27)23(29)26-22(28)15-31-24(30)18-14-20(16-8-3-2-4-9-16)25-19-11-6-5-10-17(18)19/h2-14H,15H2,1H3,(H,26,28,29). The van der Waals surface area contributed by atoms with E-state index in [0.29, 0.717) is 27.9 Å². The largest absolute Gasteiger partial charge is 0.452 e. The quantitative estimate of drug-likeness (QED) is 0.507. The van der Waals surface area contributed by atoms with Crippen molar-refractivity contribution in [1.29, 1.82) is 0 Å². The van der Waals surface area contributed by atoms with Crippen LogP contribution >= 0.6 is 0 Å². The molecule has 7 heteroatoms. The van der Waals surface area contributed by atoms with Crippen LogP contribution in [0.4, 0.5) is 0 Å². The highest BCUT2D eigenvalue weighted by molar-refractivity contribution is 6.07. The number of carbonyl (C=O) groups is 3. The van der Waals surface area contributed by atoms with E-state index in [9.17, 15) is 14.4 Å². The molecule has 0 saturated carbocycles. The molecule has 0 bridgehead atoms. The first kappa shape index (κ1) is 20.0. The van der Waals surface area contributed by atoms with Crippen LogP contribution in [-0.4, -0.2) is 33.9 Å². The second kappa shape index (κ2) is 8.62.